The lowest BCUT2D eigenvalue weighted by Crippen LogP contribution is -2.31. The lowest BCUT2D eigenvalue weighted by atomic mass is 9.91. The van der Waals surface area contributed by atoms with Crippen molar-refractivity contribution in [3.05, 3.63) is 71.3 Å². The second-order valence-electron chi connectivity index (χ2n) is 6.91. The Morgan fingerprint density at radius 1 is 1.12 bits per heavy atom. The number of aryl methyl sites for hydroxylation is 1. The summed E-state index contributed by atoms with van der Waals surface area (Å²) < 4.78 is 13.6. The number of hydrogen-bond acceptors (Lipinski definition) is 1. The number of fused-ring (bicyclic) bond motifs is 4. The third-order valence-corrected chi connectivity index (χ3v) is 5.29. The standard InChI is InChI=1S/C21H18FN3O/c22-14-5-7-18-16(11-14)15-2-1-3-19(20(15)24-18)25-21(26)13-4-6-17-12(10-13)8-9-23-17/h4-11,19,23-24H,1-3H2,(H,25,26)/t19-/m0/s1. The Morgan fingerprint density at radius 2 is 2.00 bits per heavy atom. The third-order valence-electron chi connectivity index (χ3n) is 5.29. The summed E-state index contributed by atoms with van der Waals surface area (Å²) in [4.78, 5) is 19.3. The van der Waals surface area contributed by atoms with Gasteiger partial charge < -0.3 is 15.3 Å². The third kappa shape index (κ3) is 2.39. The molecule has 4 nitrogen and oxygen atoms in total. The van der Waals surface area contributed by atoms with Crippen molar-refractivity contribution in [2.24, 2.45) is 0 Å². The average Bonchev–Trinajstić information content (AvgIpc) is 3.25. The van der Waals surface area contributed by atoms with Gasteiger partial charge in [0.1, 0.15) is 5.82 Å². The van der Waals surface area contributed by atoms with Crippen molar-refractivity contribution in [3.63, 3.8) is 0 Å². The number of halogens is 1. The second kappa shape index (κ2) is 5.73. The second-order valence-corrected chi connectivity index (χ2v) is 6.91. The first-order valence-electron chi connectivity index (χ1n) is 8.87. The zero-order valence-electron chi connectivity index (χ0n) is 14.1. The van der Waals surface area contributed by atoms with E-state index in [-0.39, 0.29) is 17.8 Å². The van der Waals surface area contributed by atoms with Gasteiger partial charge in [-0.2, -0.15) is 0 Å². The number of aromatic amines is 2. The van der Waals surface area contributed by atoms with E-state index in [1.54, 1.807) is 12.1 Å². The maximum Gasteiger partial charge on any atom is 0.251 e. The van der Waals surface area contributed by atoms with Gasteiger partial charge in [0.05, 0.1) is 6.04 Å². The van der Waals surface area contributed by atoms with E-state index in [4.69, 9.17) is 0 Å². The van der Waals surface area contributed by atoms with Gasteiger partial charge in [-0.3, -0.25) is 4.79 Å². The summed E-state index contributed by atoms with van der Waals surface area (Å²) >= 11 is 0. The highest BCUT2D eigenvalue weighted by molar-refractivity contribution is 5.98. The highest BCUT2D eigenvalue weighted by Crippen LogP contribution is 2.35. The fourth-order valence-corrected chi connectivity index (χ4v) is 4.02. The number of hydrogen-bond donors (Lipinski definition) is 3. The zero-order chi connectivity index (χ0) is 17.7. The molecule has 4 aromatic rings. The van der Waals surface area contributed by atoms with Crippen LogP contribution in [-0.4, -0.2) is 15.9 Å². The molecule has 2 aromatic carbocycles. The van der Waals surface area contributed by atoms with Crippen LogP contribution in [0.25, 0.3) is 21.8 Å². The van der Waals surface area contributed by atoms with Gasteiger partial charge in [0.2, 0.25) is 0 Å². The zero-order valence-corrected chi connectivity index (χ0v) is 14.1. The Hall–Kier alpha value is -3.08. The SMILES string of the molecule is O=C(N[C@H]1CCCc2c1[nH]c1ccc(F)cc21)c1ccc2[nH]ccc2c1. The van der Waals surface area contributed by atoms with Crippen LogP contribution in [0.3, 0.4) is 0 Å². The minimum Gasteiger partial charge on any atom is -0.361 e. The summed E-state index contributed by atoms with van der Waals surface area (Å²) in [5, 5.41) is 5.09. The van der Waals surface area contributed by atoms with Gasteiger partial charge in [-0.25, -0.2) is 4.39 Å². The molecule has 0 unspecified atom stereocenters. The molecule has 3 N–H and O–H groups in total. The molecule has 26 heavy (non-hydrogen) atoms. The Morgan fingerprint density at radius 3 is 2.92 bits per heavy atom. The van der Waals surface area contributed by atoms with Crippen LogP contribution in [0.4, 0.5) is 4.39 Å². The number of aromatic nitrogens is 2. The minimum absolute atomic E-state index is 0.0800. The molecule has 0 bridgehead atoms. The molecule has 1 aliphatic carbocycles. The van der Waals surface area contributed by atoms with Crippen LogP contribution in [0.5, 0.6) is 0 Å². The number of carbonyl (C=O) groups is 1. The van der Waals surface area contributed by atoms with E-state index in [1.165, 1.54) is 6.07 Å². The molecule has 2 heterocycles. The van der Waals surface area contributed by atoms with Crippen LogP contribution in [0.15, 0.2) is 48.7 Å². The molecular formula is C21H18FN3O. The average molecular weight is 347 g/mol. The molecule has 0 fully saturated rings. The van der Waals surface area contributed by atoms with Gasteiger partial charge in [-0.05, 0) is 67.3 Å². The molecule has 0 saturated heterocycles. The van der Waals surface area contributed by atoms with Crippen molar-refractivity contribution in [2.75, 3.05) is 0 Å². The van der Waals surface area contributed by atoms with E-state index in [0.717, 1.165) is 52.3 Å². The first kappa shape index (κ1) is 15.2. The normalized spacial score (nSPS) is 16.7. The summed E-state index contributed by atoms with van der Waals surface area (Å²) in [6.07, 6.45) is 4.61. The quantitative estimate of drug-likeness (QED) is 0.488. The van der Waals surface area contributed by atoms with Crippen LogP contribution < -0.4 is 5.32 Å². The molecule has 5 heteroatoms. The summed E-state index contributed by atoms with van der Waals surface area (Å²) in [7, 11) is 0. The molecule has 0 radical (unpaired) electrons. The Bertz CT molecular complexity index is 1140. The first-order chi connectivity index (χ1) is 12.7. The summed E-state index contributed by atoms with van der Waals surface area (Å²) in [5.41, 5.74) is 4.71. The van der Waals surface area contributed by atoms with Crippen molar-refractivity contribution in [1.82, 2.24) is 15.3 Å². The lowest BCUT2D eigenvalue weighted by molar-refractivity contribution is 0.0932. The highest BCUT2D eigenvalue weighted by atomic mass is 19.1. The van der Waals surface area contributed by atoms with E-state index in [2.05, 4.69) is 15.3 Å². The van der Waals surface area contributed by atoms with E-state index in [0.29, 0.717) is 5.56 Å². The van der Waals surface area contributed by atoms with Crippen molar-refractivity contribution in [3.8, 4) is 0 Å². The van der Waals surface area contributed by atoms with Gasteiger partial charge in [-0.15, -0.1) is 0 Å². The van der Waals surface area contributed by atoms with Gasteiger partial charge in [0.25, 0.3) is 5.91 Å². The fourth-order valence-electron chi connectivity index (χ4n) is 4.02. The van der Waals surface area contributed by atoms with Crippen molar-refractivity contribution < 1.29 is 9.18 Å². The van der Waals surface area contributed by atoms with Crippen molar-refractivity contribution in [1.29, 1.82) is 0 Å². The summed E-state index contributed by atoms with van der Waals surface area (Å²) in [6.45, 7) is 0. The Labute approximate surface area is 149 Å². The smallest absolute Gasteiger partial charge is 0.251 e. The number of amides is 1. The monoisotopic (exact) mass is 347 g/mol. The van der Waals surface area contributed by atoms with Crippen LogP contribution >= 0.6 is 0 Å². The van der Waals surface area contributed by atoms with E-state index < -0.39 is 0 Å². The fraction of sp³-hybridized carbons (Fsp3) is 0.190. The number of rotatable bonds is 2. The van der Waals surface area contributed by atoms with Gasteiger partial charge >= 0.3 is 0 Å². The predicted octanol–water partition coefficient (Wildman–Crippen LogP) is 4.60. The summed E-state index contributed by atoms with van der Waals surface area (Å²) in [5.74, 6) is -0.318. The predicted molar refractivity (Wildman–Crippen MR) is 99.7 cm³/mol. The first-order valence-corrected chi connectivity index (χ1v) is 8.87. The molecule has 5 rings (SSSR count). The van der Waals surface area contributed by atoms with E-state index in [9.17, 15) is 9.18 Å². The number of carbonyl (C=O) groups excluding carboxylic acids is 1. The molecule has 0 spiro atoms. The largest absolute Gasteiger partial charge is 0.361 e. The molecular weight excluding hydrogens is 329 g/mol. The van der Waals surface area contributed by atoms with Crippen LogP contribution in [0, 0.1) is 5.82 Å². The van der Waals surface area contributed by atoms with E-state index in [1.807, 2.05) is 30.5 Å². The van der Waals surface area contributed by atoms with Gasteiger partial charge in [-0.1, -0.05) is 0 Å². The van der Waals surface area contributed by atoms with Crippen LogP contribution in [-0.2, 0) is 6.42 Å². The minimum atomic E-state index is -0.231. The van der Waals surface area contributed by atoms with E-state index >= 15 is 0 Å². The highest BCUT2D eigenvalue weighted by Gasteiger charge is 2.26. The van der Waals surface area contributed by atoms with Crippen LogP contribution in [0.2, 0.25) is 0 Å². The van der Waals surface area contributed by atoms with Crippen molar-refractivity contribution in [2.45, 2.75) is 25.3 Å². The molecule has 0 aliphatic heterocycles. The maximum absolute atomic E-state index is 13.6. The van der Waals surface area contributed by atoms with Crippen LogP contribution in [0.1, 0.15) is 40.5 Å². The van der Waals surface area contributed by atoms with Gasteiger partial charge in [0, 0.05) is 39.3 Å². The lowest BCUT2D eigenvalue weighted by Gasteiger charge is -2.24. The molecule has 130 valence electrons. The Balaban J connectivity index is 1.48. The molecule has 0 saturated carbocycles. The Kier molecular flexibility index (Phi) is 3.35. The number of benzene rings is 2. The number of H-pyrrole nitrogens is 2. The molecule has 1 atom stereocenters. The summed E-state index contributed by atoms with van der Waals surface area (Å²) in [6, 6.07) is 12.3. The van der Waals surface area contributed by atoms with Gasteiger partial charge in [0.15, 0.2) is 0 Å². The topological polar surface area (TPSA) is 60.7 Å². The number of nitrogens with one attached hydrogen (secondary N) is 3. The molecule has 1 aliphatic rings. The molecule has 1 amide bonds. The maximum atomic E-state index is 13.6. The molecule has 2 aromatic heterocycles. The van der Waals surface area contributed by atoms with Crippen molar-refractivity contribution >= 4 is 27.7 Å².